The van der Waals surface area contributed by atoms with Crippen LogP contribution in [0.5, 0.6) is 0 Å². The minimum absolute atomic E-state index is 0.643. The second kappa shape index (κ2) is 7.63. The average molecular weight is 264 g/mol. The van der Waals surface area contributed by atoms with Gasteiger partial charge in [-0.3, -0.25) is 0 Å². The molecule has 0 aliphatic carbocycles. The summed E-state index contributed by atoms with van der Waals surface area (Å²) in [4.78, 5) is 0. The highest BCUT2D eigenvalue weighted by atomic mass is 32.2. The van der Waals surface area contributed by atoms with Crippen LogP contribution in [-0.2, 0) is 0 Å². The number of thiocarbonyl (C=S) groups is 1. The van der Waals surface area contributed by atoms with Crippen LogP contribution < -0.4 is 10.6 Å². The predicted octanol–water partition coefficient (Wildman–Crippen LogP) is 1.96. The Balaban J connectivity index is 2.05. The van der Waals surface area contributed by atoms with Gasteiger partial charge in [-0.1, -0.05) is 13.8 Å². The van der Waals surface area contributed by atoms with E-state index in [1.165, 1.54) is 17.3 Å². The highest BCUT2D eigenvalue weighted by Crippen LogP contribution is 2.23. The topological polar surface area (TPSA) is 24.1 Å². The van der Waals surface area contributed by atoms with E-state index in [2.05, 4.69) is 36.2 Å². The third-order valence-corrected chi connectivity index (χ3v) is 5.18. The Labute approximate surface area is 107 Å². The molecular weight excluding hydrogens is 244 g/mol. The van der Waals surface area contributed by atoms with Gasteiger partial charge in [0.15, 0.2) is 5.11 Å². The molecular formula is C10H20N2S3. The van der Waals surface area contributed by atoms with Gasteiger partial charge in [-0.15, -0.1) is 0 Å². The first-order valence-electron chi connectivity index (χ1n) is 5.39. The first-order chi connectivity index (χ1) is 7.18. The van der Waals surface area contributed by atoms with Gasteiger partial charge < -0.3 is 10.6 Å². The Hall–Kier alpha value is 0.390. The van der Waals surface area contributed by atoms with Crippen LogP contribution in [0, 0.1) is 5.92 Å². The van der Waals surface area contributed by atoms with Gasteiger partial charge in [0.1, 0.15) is 0 Å². The lowest BCUT2D eigenvalue weighted by Crippen LogP contribution is -2.41. The van der Waals surface area contributed by atoms with Crippen molar-refractivity contribution >= 4 is 40.9 Å². The SMILES string of the molecule is CC(C)CNC(=S)NCC1CSCCS1. The van der Waals surface area contributed by atoms with Gasteiger partial charge in [0, 0.05) is 35.6 Å². The van der Waals surface area contributed by atoms with Crippen LogP contribution in [0.3, 0.4) is 0 Å². The average Bonchev–Trinajstić information content (AvgIpc) is 2.25. The van der Waals surface area contributed by atoms with Crippen LogP contribution in [0.15, 0.2) is 0 Å². The predicted molar refractivity (Wildman–Crippen MR) is 77.0 cm³/mol. The molecule has 0 aromatic heterocycles. The summed E-state index contributed by atoms with van der Waals surface area (Å²) in [7, 11) is 0. The van der Waals surface area contributed by atoms with Gasteiger partial charge in [-0.05, 0) is 18.1 Å². The van der Waals surface area contributed by atoms with Crippen LogP contribution in [0.2, 0.25) is 0 Å². The van der Waals surface area contributed by atoms with Crippen LogP contribution in [0.25, 0.3) is 0 Å². The molecule has 1 atom stereocenters. The van der Waals surface area contributed by atoms with E-state index < -0.39 is 0 Å². The fraction of sp³-hybridized carbons (Fsp3) is 0.900. The first-order valence-corrected chi connectivity index (χ1v) is 8.00. The molecule has 1 unspecified atom stereocenters. The van der Waals surface area contributed by atoms with Crippen LogP contribution >= 0.6 is 35.7 Å². The molecule has 2 N–H and O–H groups in total. The molecule has 88 valence electrons. The zero-order valence-electron chi connectivity index (χ0n) is 9.41. The van der Waals surface area contributed by atoms with E-state index in [0.717, 1.165) is 23.5 Å². The van der Waals surface area contributed by atoms with Gasteiger partial charge >= 0.3 is 0 Å². The zero-order valence-corrected chi connectivity index (χ0v) is 11.9. The molecule has 1 saturated heterocycles. The number of thioether (sulfide) groups is 2. The fourth-order valence-electron chi connectivity index (χ4n) is 1.22. The molecule has 1 heterocycles. The third-order valence-electron chi connectivity index (χ3n) is 2.05. The van der Waals surface area contributed by atoms with Gasteiger partial charge in [0.2, 0.25) is 0 Å². The van der Waals surface area contributed by atoms with E-state index >= 15 is 0 Å². The Morgan fingerprint density at radius 1 is 1.40 bits per heavy atom. The smallest absolute Gasteiger partial charge is 0.166 e. The molecule has 0 radical (unpaired) electrons. The monoisotopic (exact) mass is 264 g/mol. The molecule has 0 saturated carbocycles. The largest absolute Gasteiger partial charge is 0.362 e. The van der Waals surface area contributed by atoms with Crippen molar-refractivity contribution in [3.8, 4) is 0 Å². The van der Waals surface area contributed by atoms with Gasteiger partial charge in [0.25, 0.3) is 0 Å². The van der Waals surface area contributed by atoms with Crippen molar-refractivity contribution in [2.75, 3.05) is 30.3 Å². The van der Waals surface area contributed by atoms with Crippen molar-refractivity contribution in [2.45, 2.75) is 19.1 Å². The Kier molecular flexibility index (Phi) is 6.84. The zero-order chi connectivity index (χ0) is 11.1. The second-order valence-corrected chi connectivity index (χ2v) is 7.02. The van der Waals surface area contributed by atoms with E-state index in [1.807, 2.05) is 11.8 Å². The van der Waals surface area contributed by atoms with Crippen molar-refractivity contribution in [1.82, 2.24) is 10.6 Å². The second-order valence-electron chi connectivity index (χ2n) is 4.05. The van der Waals surface area contributed by atoms with Crippen LogP contribution in [0.4, 0.5) is 0 Å². The van der Waals surface area contributed by atoms with E-state index in [4.69, 9.17) is 12.2 Å². The summed E-state index contributed by atoms with van der Waals surface area (Å²) in [5, 5.41) is 8.05. The van der Waals surface area contributed by atoms with Gasteiger partial charge in [-0.2, -0.15) is 23.5 Å². The minimum Gasteiger partial charge on any atom is -0.362 e. The maximum Gasteiger partial charge on any atom is 0.166 e. The van der Waals surface area contributed by atoms with Crippen molar-refractivity contribution in [1.29, 1.82) is 0 Å². The molecule has 0 aromatic rings. The molecule has 0 amide bonds. The Bertz CT molecular complexity index is 191. The molecule has 0 spiro atoms. The summed E-state index contributed by atoms with van der Waals surface area (Å²) in [5.74, 6) is 4.48. The number of hydrogen-bond donors (Lipinski definition) is 2. The lowest BCUT2D eigenvalue weighted by Gasteiger charge is -2.22. The molecule has 2 nitrogen and oxygen atoms in total. The summed E-state index contributed by atoms with van der Waals surface area (Å²) in [6.07, 6.45) is 0. The number of nitrogens with one attached hydrogen (secondary N) is 2. The highest BCUT2D eigenvalue weighted by molar-refractivity contribution is 8.06. The molecule has 1 fully saturated rings. The van der Waals surface area contributed by atoms with Crippen molar-refractivity contribution in [2.24, 2.45) is 5.92 Å². The lowest BCUT2D eigenvalue weighted by atomic mass is 10.2. The van der Waals surface area contributed by atoms with E-state index in [-0.39, 0.29) is 0 Å². The quantitative estimate of drug-likeness (QED) is 0.756. The summed E-state index contributed by atoms with van der Waals surface area (Å²) in [6.45, 7) is 6.33. The van der Waals surface area contributed by atoms with E-state index in [1.54, 1.807) is 0 Å². The maximum atomic E-state index is 5.20. The number of rotatable bonds is 4. The molecule has 1 aliphatic rings. The fourth-order valence-corrected chi connectivity index (χ4v) is 4.00. The standard InChI is InChI=1S/C10H20N2S3/c1-8(2)5-11-10(13)12-6-9-7-14-3-4-15-9/h8-9H,3-7H2,1-2H3,(H2,11,12,13). The van der Waals surface area contributed by atoms with Crippen molar-refractivity contribution in [3.05, 3.63) is 0 Å². The summed E-state index contributed by atoms with van der Waals surface area (Å²) >= 11 is 9.31. The van der Waals surface area contributed by atoms with Crippen molar-refractivity contribution in [3.63, 3.8) is 0 Å². The number of hydrogen-bond acceptors (Lipinski definition) is 3. The molecule has 5 heteroatoms. The first kappa shape index (κ1) is 13.5. The normalized spacial score (nSPS) is 21.4. The lowest BCUT2D eigenvalue weighted by molar-refractivity contribution is 0.619. The highest BCUT2D eigenvalue weighted by Gasteiger charge is 2.13. The van der Waals surface area contributed by atoms with E-state index in [9.17, 15) is 0 Å². The molecule has 1 aliphatic heterocycles. The van der Waals surface area contributed by atoms with Crippen LogP contribution in [-0.4, -0.2) is 40.7 Å². The van der Waals surface area contributed by atoms with Gasteiger partial charge in [0.05, 0.1) is 0 Å². The third kappa shape index (κ3) is 6.53. The molecule has 15 heavy (non-hydrogen) atoms. The molecule has 0 aromatic carbocycles. The minimum atomic E-state index is 0.643. The Morgan fingerprint density at radius 3 is 2.80 bits per heavy atom. The molecule has 1 rings (SSSR count). The molecule has 0 bridgehead atoms. The van der Waals surface area contributed by atoms with E-state index in [0.29, 0.717) is 5.92 Å². The summed E-state index contributed by atoms with van der Waals surface area (Å²) < 4.78 is 0. The summed E-state index contributed by atoms with van der Waals surface area (Å²) in [6, 6.07) is 0. The maximum absolute atomic E-state index is 5.20. The van der Waals surface area contributed by atoms with Gasteiger partial charge in [-0.25, -0.2) is 0 Å². The summed E-state index contributed by atoms with van der Waals surface area (Å²) in [5.41, 5.74) is 0. The Morgan fingerprint density at radius 2 is 2.20 bits per heavy atom. The van der Waals surface area contributed by atoms with Crippen molar-refractivity contribution < 1.29 is 0 Å². The van der Waals surface area contributed by atoms with Crippen LogP contribution in [0.1, 0.15) is 13.8 Å².